The van der Waals surface area contributed by atoms with Crippen molar-refractivity contribution < 1.29 is 17.9 Å². The molecule has 0 aliphatic heterocycles. The largest absolute Gasteiger partial charge is 0.469 e. The van der Waals surface area contributed by atoms with E-state index in [1.54, 1.807) is 39.0 Å². The van der Waals surface area contributed by atoms with Crippen LogP contribution < -0.4 is 4.72 Å². The molecule has 1 rings (SSSR count). The highest BCUT2D eigenvalue weighted by atomic mass is 32.2. The first kappa shape index (κ1) is 15.7. The van der Waals surface area contributed by atoms with Gasteiger partial charge in [0.15, 0.2) is 0 Å². The number of hydrogen-bond donors (Lipinski definition) is 1. The minimum atomic E-state index is -3.62. The summed E-state index contributed by atoms with van der Waals surface area (Å²) >= 11 is 0. The third kappa shape index (κ3) is 3.78. The van der Waals surface area contributed by atoms with E-state index in [0.29, 0.717) is 5.56 Å². The molecule has 6 heteroatoms. The van der Waals surface area contributed by atoms with Crippen molar-refractivity contribution in [1.29, 1.82) is 0 Å². The highest BCUT2D eigenvalue weighted by Crippen LogP contribution is 2.18. The van der Waals surface area contributed by atoms with Gasteiger partial charge in [-0.05, 0) is 32.4 Å². The zero-order chi connectivity index (χ0) is 14.7. The molecule has 0 spiro atoms. The van der Waals surface area contributed by atoms with Gasteiger partial charge in [0.25, 0.3) is 0 Å². The third-order valence-corrected chi connectivity index (χ3v) is 4.39. The maximum absolute atomic E-state index is 12.1. The summed E-state index contributed by atoms with van der Waals surface area (Å²) in [6, 6.07) is 6.68. The lowest BCUT2D eigenvalue weighted by molar-refractivity contribution is -0.150. The van der Waals surface area contributed by atoms with Crippen LogP contribution in [-0.4, -0.2) is 28.0 Å². The van der Waals surface area contributed by atoms with Crippen LogP contribution in [-0.2, 0) is 19.6 Å². The van der Waals surface area contributed by atoms with Gasteiger partial charge in [0.1, 0.15) is 0 Å². The van der Waals surface area contributed by atoms with Gasteiger partial charge in [0, 0.05) is 6.54 Å². The van der Waals surface area contributed by atoms with Crippen LogP contribution in [0.25, 0.3) is 0 Å². The Bertz CT molecular complexity index is 564. The van der Waals surface area contributed by atoms with Gasteiger partial charge in [0.05, 0.1) is 17.4 Å². The maximum Gasteiger partial charge on any atom is 0.312 e. The molecule has 0 saturated heterocycles. The SMILES string of the molecule is COC(=O)C(C)(C)CNS(=O)(=O)c1ccccc1C. The van der Waals surface area contributed by atoms with Crippen LogP contribution in [0.15, 0.2) is 29.2 Å². The number of benzene rings is 1. The van der Waals surface area contributed by atoms with Crippen molar-refractivity contribution in [1.82, 2.24) is 4.72 Å². The number of methoxy groups -OCH3 is 1. The maximum atomic E-state index is 12.1. The Labute approximate surface area is 114 Å². The summed E-state index contributed by atoms with van der Waals surface area (Å²) in [4.78, 5) is 11.7. The van der Waals surface area contributed by atoms with Crippen LogP contribution in [0.2, 0.25) is 0 Å². The molecule has 0 unspecified atom stereocenters. The summed E-state index contributed by atoms with van der Waals surface area (Å²) in [5.41, 5.74) is -0.254. The molecule has 0 aliphatic rings. The smallest absolute Gasteiger partial charge is 0.312 e. The molecule has 0 atom stereocenters. The van der Waals surface area contributed by atoms with Crippen molar-refractivity contribution in [2.45, 2.75) is 25.7 Å². The highest BCUT2D eigenvalue weighted by Gasteiger charge is 2.30. The molecular formula is C13H19NO4S. The summed E-state index contributed by atoms with van der Waals surface area (Å²) in [5, 5.41) is 0. The zero-order valence-corrected chi connectivity index (χ0v) is 12.4. The van der Waals surface area contributed by atoms with Crippen LogP contribution in [0.1, 0.15) is 19.4 Å². The number of ether oxygens (including phenoxy) is 1. The molecule has 106 valence electrons. The third-order valence-electron chi connectivity index (χ3n) is 2.83. The molecule has 0 aromatic heterocycles. The summed E-state index contributed by atoms with van der Waals surface area (Å²) in [7, 11) is -2.35. The van der Waals surface area contributed by atoms with Crippen molar-refractivity contribution in [3.05, 3.63) is 29.8 Å². The minimum absolute atomic E-state index is 0.0175. The Balaban J connectivity index is 2.89. The highest BCUT2D eigenvalue weighted by molar-refractivity contribution is 7.89. The Morgan fingerprint density at radius 3 is 2.42 bits per heavy atom. The lowest BCUT2D eigenvalue weighted by atomic mass is 9.94. The first-order valence-electron chi connectivity index (χ1n) is 5.84. The van der Waals surface area contributed by atoms with E-state index in [4.69, 9.17) is 0 Å². The van der Waals surface area contributed by atoms with Crippen molar-refractivity contribution >= 4 is 16.0 Å². The number of sulfonamides is 1. The molecular weight excluding hydrogens is 266 g/mol. The first-order chi connectivity index (χ1) is 8.70. The van der Waals surface area contributed by atoms with Crippen molar-refractivity contribution in [2.75, 3.05) is 13.7 Å². The van der Waals surface area contributed by atoms with Crippen LogP contribution in [0.5, 0.6) is 0 Å². The number of hydrogen-bond acceptors (Lipinski definition) is 4. The summed E-state index contributed by atoms with van der Waals surface area (Å²) in [6.45, 7) is 4.95. The summed E-state index contributed by atoms with van der Waals surface area (Å²) < 4.78 is 31.4. The average Bonchev–Trinajstić information content (AvgIpc) is 2.36. The van der Waals surface area contributed by atoms with E-state index in [2.05, 4.69) is 9.46 Å². The van der Waals surface area contributed by atoms with Crippen LogP contribution >= 0.6 is 0 Å². The van der Waals surface area contributed by atoms with E-state index in [9.17, 15) is 13.2 Å². The second-order valence-corrected chi connectivity index (χ2v) is 6.70. The van der Waals surface area contributed by atoms with E-state index in [0.717, 1.165) is 0 Å². The molecule has 19 heavy (non-hydrogen) atoms. The summed E-state index contributed by atoms with van der Waals surface area (Å²) in [6.07, 6.45) is 0. The fraction of sp³-hybridized carbons (Fsp3) is 0.462. The standard InChI is InChI=1S/C13H19NO4S/c1-10-7-5-6-8-11(10)19(16,17)14-9-13(2,3)12(15)18-4/h5-8,14H,9H2,1-4H3. The molecule has 1 aromatic carbocycles. The number of carbonyl (C=O) groups is 1. The van der Waals surface area contributed by atoms with Gasteiger partial charge in [-0.2, -0.15) is 0 Å². The lowest BCUT2D eigenvalue weighted by Crippen LogP contribution is -2.39. The first-order valence-corrected chi connectivity index (χ1v) is 7.33. The molecule has 0 heterocycles. The molecule has 1 aromatic rings. The van der Waals surface area contributed by atoms with Crippen LogP contribution in [0.4, 0.5) is 0 Å². The summed E-state index contributed by atoms with van der Waals surface area (Å²) in [5.74, 6) is -0.458. The second kappa shape index (κ2) is 5.71. The molecule has 0 radical (unpaired) electrons. The van der Waals surface area contributed by atoms with Gasteiger partial charge >= 0.3 is 5.97 Å². The van der Waals surface area contributed by atoms with Gasteiger partial charge in [-0.15, -0.1) is 0 Å². The average molecular weight is 285 g/mol. The van der Waals surface area contributed by atoms with Crippen molar-refractivity contribution in [3.63, 3.8) is 0 Å². The second-order valence-electron chi connectivity index (χ2n) is 4.97. The Morgan fingerprint density at radius 2 is 1.89 bits per heavy atom. The Morgan fingerprint density at radius 1 is 1.32 bits per heavy atom. The predicted octanol–water partition coefficient (Wildman–Crippen LogP) is 1.47. The fourth-order valence-electron chi connectivity index (χ4n) is 1.56. The quantitative estimate of drug-likeness (QED) is 0.832. The Kier molecular flexibility index (Phi) is 4.70. The molecule has 0 fully saturated rings. The zero-order valence-electron chi connectivity index (χ0n) is 11.6. The van der Waals surface area contributed by atoms with E-state index >= 15 is 0 Å². The lowest BCUT2D eigenvalue weighted by Gasteiger charge is -2.21. The van der Waals surface area contributed by atoms with Gasteiger partial charge in [-0.25, -0.2) is 13.1 Å². The molecule has 5 nitrogen and oxygen atoms in total. The molecule has 0 saturated carbocycles. The van der Waals surface area contributed by atoms with Gasteiger partial charge in [0.2, 0.25) is 10.0 Å². The number of carbonyl (C=O) groups excluding carboxylic acids is 1. The van der Waals surface area contributed by atoms with Gasteiger partial charge in [-0.1, -0.05) is 18.2 Å². The minimum Gasteiger partial charge on any atom is -0.469 e. The van der Waals surface area contributed by atoms with Crippen LogP contribution in [0, 0.1) is 12.3 Å². The fourth-order valence-corrected chi connectivity index (χ4v) is 3.02. The number of rotatable bonds is 5. The monoisotopic (exact) mass is 285 g/mol. The van der Waals surface area contributed by atoms with Gasteiger partial charge in [-0.3, -0.25) is 4.79 Å². The van der Waals surface area contributed by atoms with Gasteiger partial charge < -0.3 is 4.74 Å². The van der Waals surface area contributed by atoms with Crippen LogP contribution in [0.3, 0.4) is 0 Å². The number of esters is 1. The topological polar surface area (TPSA) is 72.5 Å². The Hall–Kier alpha value is -1.40. The number of nitrogens with one attached hydrogen (secondary N) is 1. The van der Waals surface area contributed by atoms with Crippen molar-refractivity contribution in [3.8, 4) is 0 Å². The molecule has 0 amide bonds. The molecule has 1 N–H and O–H groups in total. The normalized spacial score (nSPS) is 12.2. The van der Waals surface area contributed by atoms with E-state index in [-0.39, 0.29) is 11.4 Å². The van der Waals surface area contributed by atoms with E-state index < -0.39 is 21.4 Å². The molecule has 0 bridgehead atoms. The molecule has 0 aliphatic carbocycles. The van der Waals surface area contributed by atoms with Crippen molar-refractivity contribution in [2.24, 2.45) is 5.41 Å². The number of aryl methyl sites for hydroxylation is 1. The van der Waals surface area contributed by atoms with E-state index in [1.165, 1.54) is 13.2 Å². The van der Waals surface area contributed by atoms with E-state index in [1.807, 2.05) is 0 Å². The predicted molar refractivity (Wildman–Crippen MR) is 72.2 cm³/mol.